The standard InChI is InChI=1S/C4H8NO2/c1-2-7-4(6)3-5/h3H,2,5H2,1H3. The number of hydrogen-bond donors (Lipinski definition) is 1. The fourth-order valence-corrected chi connectivity index (χ4v) is 0.190. The molecular formula is C4H8NO2. The number of hydrogen-bond acceptors (Lipinski definition) is 2. The molecule has 0 aliphatic heterocycles. The zero-order valence-electron chi connectivity index (χ0n) is 4.18. The van der Waals surface area contributed by atoms with Crippen LogP contribution in [0.4, 0.5) is 0 Å². The van der Waals surface area contributed by atoms with Crippen molar-refractivity contribution < 1.29 is 9.84 Å². The highest BCUT2D eigenvalue weighted by molar-refractivity contribution is 4.72. The lowest BCUT2D eigenvalue weighted by Gasteiger charge is -1.91. The van der Waals surface area contributed by atoms with Crippen molar-refractivity contribution in [2.75, 3.05) is 6.61 Å². The molecule has 0 aromatic carbocycles. The Morgan fingerprint density at radius 3 is 2.71 bits per heavy atom. The van der Waals surface area contributed by atoms with Crippen molar-refractivity contribution in [1.82, 2.24) is 0 Å². The first-order chi connectivity index (χ1) is 3.31. The Bertz CT molecular complexity index is 70.1. The Kier molecular flexibility index (Phi) is 2.92. The maximum atomic E-state index is 10.0. The van der Waals surface area contributed by atoms with Crippen molar-refractivity contribution >= 4 is 0 Å². The second-order valence-electron chi connectivity index (χ2n) is 0.919. The van der Waals surface area contributed by atoms with E-state index < -0.39 is 5.95 Å². The van der Waals surface area contributed by atoms with E-state index in [4.69, 9.17) is 5.73 Å². The minimum absolute atomic E-state index is 0.381. The van der Waals surface area contributed by atoms with Gasteiger partial charge in [-0.05, 0) is 6.92 Å². The molecule has 0 rings (SSSR count). The van der Waals surface area contributed by atoms with E-state index in [0.29, 0.717) is 6.61 Å². The van der Waals surface area contributed by atoms with Crippen molar-refractivity contribution in [3.8, 4) is 0 Å². The molecule has 0 aliphatic rings. The molecule has 0 aromatic heterocycles. The predicted molar refractivity (Wildman–Crippen MR) is 24.6 cm³/mol. The molecule has 3 heteroatoms. The summed E-state index contributed by atoms with van der Waals surface area (Å²) in [4.78, 5) is 0. The van der Waals surface area contributed by atoms with Gasteiger partial charge in [0, 0.05) is 0 Å². The maximum absolute atomic E-state index is 10.0. The highest BCUT2D eigenvalue weighted by atomic mass is 16.6. The van der Waals surface area contributed by atoms with Gasteiger partial charge in [-0.1, -0.05) is 0 Å². The highest BCUT2D eigenvalue weighted by Crippen LogP contribution is 1.85. The van der Waals surface area contributed by atoms with Crippen LogP contribution in [-0.2, 0) is 9.84 Å². The fourth-order valence-electron chi connectivity index (χ4n) is 0.190. The summed E-state index contributed by atoms with van der Waals surface area (Å²) in [6.45, 7) is 2.11. The predicted octanol–water partition coefficient (Wildman–Crippen LogP) is 0.211. The first-order valence-corrected chi connectivity index (χ1v) is 2.03. The van der Waals surface area contributed by atoms with Crippen LogP contribution >= 0.6 is 0 Å². The van der Waals surface area contributed by atoms with Crippen LogP contribution in [0.15, 0.2) is 12.1 Å². The van der Waals surface area contributed by atoms with E-state index in [1.165, 1.54) is 0 Å². The van der Waals surface area contributed by atoms with Crippen LogP contribution in [0.5, 0.6) is 0 Å². The number of ether oxygens (including phenoxy) is 1. The van der Waals surface area contributed by atoms with Crippen LogP contribution in [-0.4, -0.2) is 6.61 Å². The second-order valence-corrected chi connectivity index (χ2v) is 0.919. The first-order valence-electron chi connectivity index (χ1n) is 2.03. The largest absolute Gasteiger partial charge is 0.462 e. The summed E-state index contributed by atoms with van der Waals surface area (Å²) in [5.41, 5.74) is 4.76. The lowest BCUT2D eigenvalue weighted by molar-refractivity contribution is 0.0591. The molecular weight excluding hydrogens is 94.0 g/mol. The van der Waals surface area contributed by atoms with Crippen LogP contribution in [0.3, 0.4) is 0 Å². The molecule has 0 bridgehead atoms. The van der Waals surface area contributed by atoms with Crippen molar-refractivity contribution in [1.29, 1.82) is 0 Å². The average Bonchev–Trinajstić information content (AvgIpc) is 1.68. The summed E-state index contributed by atoms with van der Waals surface area (Å²) in [7, 11) is 0. The third-order valence-corrected chi connectivity index (χ3v) is 0.423. The number of rotatable bonds is 2. The van der Waals surface area contributed by atoms with Gasteiger partial charge < -0.3 is 10.5 Å². The average molecular weight is 102 g/mol. The summed E-state index contributed by atoms with van der Waals surface area (Å²) < 4.78 is 4.37. The van der Waals surface area contributed by atoms with Crippen LogP contribution < -0.4 is 5.73 Å². The lowest BCUT2D eigenvalue weighted by Crippen LogP contribution is -1.91. The minimum atomic E-state index is -0.470. The van der Waals surface area contributed by atoms with E-state index in [9.17, 15) is 5.11 Å². The van der Waals surface area contributed by atoms with Gasteiger partial charge >= 0.3 is 5.95 Å². The summed E-state index contributed by atoms with van der Waals surface area (Å²) >= 11 is 0. The van der Waals surface area contributed by atoms with Gasteiger partial charge in [-0.2, -0.15) is 0 Å². The lowest BCUT2D eigenvalue weighted by atomic mass is 10.8. The highest BCUT2D eigenvalue weighted by Gasteiger charge is 1.86. The Labute approximate surface area is 42.4 Å². The van der Waals surface area contributed by atoms with Gasteiger partial charge in [-0.15, -0.1) is 0 Å². The van der Waals surface area contributed by atoms with Crippen molar-refractivity contribution in [3.05, 3.63) is 12.1 Å². The van der Waals surface area contributed by atoms with Gasteiger partial charge in [0.25, 0.3) is 0 Å². The van der Waals surface area contributed by atoms with Gasteiger partial charge in [0.05, 0.1) is 12.8 Å². The molecule has 41 valence electrons. The molecule has 0 aromatic rings. The topological polar surface area (TPSA) is 55.1 Å². The fraction of sp³-hybridized carbons (Fsp3) is 0.500. The number of nitrogens with two attached hydrogens (primary N) is 1. The van der Waals surface area contributed by atoms with Gasteiger partial charge in [0.2, 0.25) is 0 Å². The van der Waals surface area contributed by atoms with Crippen LogP contribution in [0.1, 0.15) is 6.92 Å². The van der Waals surface area contributed by atoms with E-state index in [0.717, 1.165) is 6.20 Å². The van der Waals surface area contributed by atoms with Crippen LogP contribution in [0.25, 0.3) is 0 Å². The minimum Gasteiger partial charge on any atom is -0.462 e. The summed E-state index contributed by atoms with van der Waals surface area (Å²) in [5, 5.41) is 10.0. The normalized spacial score (nSPS) is 11.3. The molecule has 0 saturated carbocycles. The Morgan fingerprint density at radius 1 is 2.00 bits per heavy atom. The van der Waals surface area contributed by atoms with Crippen molar-refractivity contribution in [2.24, 2.45) is 5.73 Å². The quantitative estimate of drug-likeness (QED) is 0.507. The zero-order valence-corrected chi connectivity index (χ0v) is 4.18. The molecule has 3 nitrogen and oxygen atoms in total. The molecule has 0 amide bonds. The molecule has 1 radical (unpaired) electrons. The van der Waals surface area contributed by atoms with E-state index in [1.807, 2.05) is 0 Å². The monoisotopic (exact) mass is 102 g/mol. The van der Waals surface area contributed by atoms with Gasteiger partial charge in [0.15, 0.2) is 0 Å². The summed E-state index contributed by atoms with van der Waals surface area (Å²) in [6.07, 6.45) is 0.892. The third kappa shape index (κ3) is 2.96. The van der Waals surface area contributed by atoms with Crippen LogP contribution in [0.2, 0.25) is 0 Å². The van der Waals surface area contributed by atoms with E-state index in [2.05, 4.69) is 4.74 Å². The van der Waals surface area contributed by atoms with Gasteiger partial charge in [-0.3, -0.25) is 0 Å². The smallest absolute Gasteiger partial charge is 0.346 e. The molecule has 0 heterocycles. The summed E-state index contributed by atoms with van der Waals surface area (Å²) in [6, 6.07) is 0. The van der Waals surface area contributed by atoms with Crippen LogP contribution in [0, 0.1) is 0 Å². The van der Waals surface area contributed by atoms with E-state index in [-0.39, 0.29) is 0 Å². The van der Waals surface area contributed by atoms with Gasteiger partial charge in [-0.25, -0.2) is 5.11 Å². The zero-order chi connectivity index (χ0) is 5.70. The van der Waals surface area contributed by atoms with E-state index in [1.54, 1.807) is 6.92 Å². The molecule has 0 spiro atoms. The van der Waals surface area contributed by atoms with Gasteiger partial charge in [0.1, 0.15) is 0 Å². The molecule has 0 aliphatic carbocycles. The Morgan fingerprint density at radius 2 is 2.57 bits per heavy atom. The molecule has 0 unspecified atom stereocenters. The molecule has 0 saturated heterocycles. The maximum Gasteiger partial charge on any atom is 0.346 e. The molecule has 7 heavy (non-hydrogen) atoms. The first kappa shape index (κ1) is 6.14. The SMILES string of the molecule is CCOC([O])=CN. The molecule has 0 atom stereocenters. The van der Waals surface area contributed by atoms with E-state index >= 15 is 0 Å². The third-order valence-electron chi connectivity index (χ3n) is 0.423. The second kappa shape index (κ2) is 3.33. The van der Waals surface area contributed by atoms with Crippen molar-refractivity contribution in [3.63, 3.8) is 0 Å². The Hall–Kier alpha value is -0.860. The summed E-state index contributed by atoms with van der Waals surface area (Å²) in [5.74, 6) is -0.470. The Balaban J connectivity index is 3.17. The molecule has 0 fully saturated rings. The molecule has 2 N–H and O–H groups in total. The van der Waals surface area contributed by atoms with Crippen molar-refractivity contribution in [2.45, 2.75) is 6.92 Å².